The Labute approximate surface area is 127 Å². The fourth-order valence-electron chi connectivity index (χ4n) is 1.73. The number of alkyl halides is 3. The fourth-order valence-corrected chi connectivity index (χ4v) is 2.40. The van der Waals surface area contributed by atoms with Gasteiger partial charge in [0, 0.05) is 0 Å². The summed E-state index contributed by atoms with van der Waals surface area (Å²) < 4.78 is 58.0. The Morgan fingerprint density at radius 3 is 2.00 bits per heavy atom. The zero-order valence-electron chi connectivity index (χ0n) is 11.2. The SMILES string of the molecule is O=C(CCS(=O)(=O)C(F)(F)F)ON1C(=O)c2ccccc2C1=O. The molecule has 1 heterocycles. The lowest BCUT2D eigenvalue weighted by Gasteiger charge is -2.13. The minimum Gasteiger partial charge on any atom is -0.330 e. The Kier molecular flexibility index (Phi) is 4.16. The minimum absolute atomic E-state index is 0.0341. The maximum absolute atomic E-state index is 12.1. The Morgan fingerprint density at radius 2 is 1.57 bits per heavy atom. The van der Waals surface area contributed by atoms with Gasteiger partial charge in [-0.15, -0.1) is 0 Å². The van der Waals surface area contributed by atoms with Gasteiger partial charge in [0.1, 0.15) is 0 Å². The van der Waals surface area contributed by atoms with Gasteiger partial charge in [0.05, 0.1) is 23.3 Å². The number of hydrogen-bond donors (Lipinski definition) is 0. The number of carbonyl (C=O) groups excluding carboxylic acids is 3. The van der Waals surface area contributed by atoms with Crippen molar-refractivity contribution in [3.8, 4) is 0 Å². The summed E-state index contributed by atoms with van der Waals surface area (Å²) in [5.41, 5.74) is -5.57. The highest BCUT2D eigenvalue weighted by molar-refractivity contribution is 7.92. The highest BCUT2D eigenvalue weighted by atomic mass is 32.2. The van der Waals surface area contributed by atoms with E-state index in [1.54, 1.807) is 0 Å². The lowest BCUT2D eigenvalue weighted by molar-refractivity contribution is -0.168. The van der Waals surface area contributed by atoms with Crippen LogP contribution in [0.25, 0.3) is 0 Å². The number of halogens is 3. The van der Waals surface area contributed by atoms with Gasteiger partial charge >= 0.3 is 11.5 Å². The Morgan fingerprint density at radius 1 is 1.09 bits per heavy atom. The lowest BCUT2D eigenvalue weighted by atomic mass is 10.1. The molecule has 1 aliphatic heterocycles. The molecule has 2 amide bonds. The van der Waals surface area contributed by atoms with Crippen LogP contribution >= 0.6 is 0 Å². The fraction of sp³-hybridized carbons (Fsp3) is 0.250. The molecule has 7 nitrogen and oxygen atoms in total. The number of fused-ring (bicyclic) bond motifs is 1. The van der Waals surface area contributed by atoms with E-state index in [1.165, 1.54) is 24.3 Å². The molecule has 0 aliphatic carbocycles. The molecular weight excluding hydrogens is 343 g/mol. The molecule has 1 aliphatic rings. The van der Waals surface area contributed by atoms with Crippen molar-refractivity contribution in [3.05, 3.63) is 35.4 Å². The van der Waals surface area contributed by atoms with E-state index < -0.39 is 45.3 Å². The smallest absolute Gasteiger partial charge is 0.330 e. The van der Waals surface area contributed by atoms with Gasteiger partial charge in [-0.3, -0.25) is 9.59 Å². The average Bonchev–Trinajstić information content (AvgIpc) is 2.70. The van der Waals surface area contributed by atoms with Gasteiger partial charge in [0.15, 0.2) is 0 Å². The first-order valence-electron chi connectivity index (χ1n) is 6.02. The summed E-state index contributed by atoms with van der Waals surface area (Å²) in [7, 11) is -5.50. The number of sulfone groups is 1. The number of carbonyl (C=O) groups is 3. The number of imide groups is 1. The van der Waals surface area contributed by atoms with Gasteiger partial charge in [-0.1, -0.05) is 17.2 Å². The first kappa shape index (κ1) is 16.9. The van der Waals surface area contributed by atoms with Crippen LogP contribution in [-0.4, -0.2) is 42.5 Å². The second kappa shape index (κ2) is 5.65. The minimum atomic E-state index is -5.50. The summed E-state index contributed by atoms with van der Waals surface area (Å²) in [5, 5.41) is 0.0905. The molecule has 1 aromatic carbocycles. The van der Waals surface area contributed by atoms with Crippen molar-refractivity contribution in [1.29, 1.82) is 0 Å². The van der Waals surface area contributed by atoms with Crippen molar-refractivity contribution in [3.63, 3.8) is 0 Å². The van der Waals surface area contributed by atoms with Crippen molar-refractivity contribution in [2.75, 3.05) is 5.75 Å². The maximum Gasteiger partial charge on any atom is 0.497 e. The van der Waals surface area contributed by atoms with Crippen LogP contribution < -0.4 is 0 Å². The van der Waals surface area contributed by atoms with E-state index in [-0.39, 0.29) is 16.2 Å². The van der Waals surface area contributed by atoms with E-state index >= 15 is 0 Å². The van der Waals surface area contributed by atoms with E-state index in [4.69, 9.17) is 0 Å². The number of nitrogens with zero attached hydrogens (tertiary/aromatic N) is 1. The van der Waals surface area contributed by atoms with Gasteiger partial charge < -0.3 is 4.84 Å². The predicted molar refractivity (Wildman–Crippen MR) is 67.5 cm³/mol. The molecule has 0 N–H and O–H groups in total. The Balaban J connectivity index is 2.03. The molecular formula is C12H8F3NO6S. The molecule has 0 atom stereocenters. The third-order valence-corrected chi connectivity index (χ3v) is 4.32. The quantitative estimate of drug-likeness (QED) is 0.753. The second-order valence-corrected chi connectivity index (χ2v) is 6.53. The van der Waals surface area contributed by atoms with Crippen LogP contribution in [0.3, 0.4) is 0 Å². The molecule has 0 bridgehead atoms. The van der Waals surface area contributed by atoms with Crippen LogP contribution in [0.5, 0.6) is 0 Å². The van der Waals surface area contributed by atoms with Crippen LogP contribution in [-0.2, 0) is 19.5 Å². The Bertz CT molecular complexity index is 751. The highest BCUT2D eigenvalue weighted by Gasteiger charge is 2.46. The molecule has 0 aromatic heterocycles. The average molecular weight is 351 g/mol. The van der Waals surface area contributed by atoms with Gasteiger partial charge in [0.25, 0.3) is 11.8 Å². The largest absolute Gasteiger partial charge is 0.497 e. The number of hydroxylamine groups is 2. The van der Waals surface area contributed by atoms with Gasteiger partial charge in [0.2, 0.25) is 9.84 Å². The van der Waals surface area contributed by atoms with E-state index in [1.807, 2.05) is 0 Å². The summed E-state index contributed by atoms with van der Waals surface area (Å²) in [5.74, 6) is -4.92. The zero-order valence-corrected chi connectivity index (χ0v) is 12.0. The second-order valence-electron chi connectivity index (χ2n) is 4.43. The van der Waals surface area contributed by atoms with Crippen molar-refractivity contribution >= 4 is 27.6 Å². The normalized spacial score (nSPS) is 14.8. The van der Waals surface area contributed by atoms with E-state index in [2.05, 4.69) is 4.84 Å². The summed E-state index contributed by atoms with van der Waals surface area (Å²) >= 11 is 0. The monoisotopic (exact) mass is 351 g/mol. The number of rotatable bonds is 4. The third-order valence-electron chi connectivity index (χ3n) is 2.88. The van der Waals surface area contributed by atoms with E-state index in [0.29, 0.717) is 0 Å². The first-order valence-corrected chi connectivity index (χ1v) is 7.67. The van der Waals surface area contributed by atoms with Crippen LogP contribution in [0.15, 0.2) is 24.3 Å². The molecule has 0 radical (unpaired) electrons. The molecule has 0 spiro atoms. The molecule has 0 saturated carbocycles. The summed E-state index contributed by atoms with van der Waals surface area (Å²) in [6.07, 6.45) is -1.16. The summed E-state index contributed by atoms with van der Waals surface area (Å²) in [4.78, 5) is 39.5. The van der Waals surface area contributed by atoms with Crippen LogP contribution in [0, 0.1) is 0 Å². The van der Waals surface area contributed by atoms with E-state index in [9.17, 15) is 36.0 Å². The molecule has 23 heavy (non-hydrogen) atoms. The van der Waals surface area contributed by atoms with Crippen molar-refractivity contribution in [1.82, 2.24) is 5.06 Å². The Hall–Kier alpha value is -2.43. The van der Waals surface area contributed by atoms with Crippen LogP contribution in [0.4, 0.5) is 13.2 Å². The van der Waals surface area contributed by atoms with Gasteiger partial charge in [-0.05, 0) is 12.1 Å². The highest BCUT2D eigenvalue weighted by Crippen LogP contribution is 2.25. The molecule has 0 unspecified atom stereocenters. The predicted octanol–water partition coefficient (Wildman–Crippen LogP) is 1.07. The molecule has 124 valence electrons. The first-order chi connectivity index (χ1) is 10.5. The molecule has 11 heteroatoms. The van der Waals surface area contributed by atoms with Crippen LogP contribution in [0.1, 0.15) is 27.1 Å². The van der Waals surface area contributed by atoms with Crippen molar-refractivity contribution in [2.45, 2.75) is 11.9 Å². The maximum atomic E-state index is 12.1. The number of hydrogen-bond acceptors (Lipinski definition) is 6. The summed E-state index contributed by atoms with van der Waals surface area (Å²) in [6.45, 7) is 0. The van der Waals surface area contributed by atoms with E-state index in [0.717, 1.165) is 0 Å². The van der Waals surface area contributed by atoms with Crippen molar-refractivity contribution < 1.29 is 40.8 Å². The molecule has 1 aromatic rings. The standard InChI is InChI=1S/C12H8F3NO6S/c13-12(14,15)23(20,21)6-5-9(17)22-16-10(18)7-3-1-2-4-8(7)11(16)19/h1-4H,5-6H2. The van der Waals surface area contributed by atoms with Crippen molar-refractivity contribution in [2.24, 2.45) is 0 Å². The lowest BCUT2D eigenvalue weighted by Crippen LogP contribution is -2.34. The van der Waals surface area contributed by atoms with Gasteiger partial charge in [-0.25, -0.2) is 13.2 Å². The molecule has 0 saturated heterocycles. The topological polar surface area (TPSA) is 97.8 Å². The third kappa shape index (κ3) is 3.18. The number of benzene rings is 1. The summed E-state index contributed by atoms with van der Waals surface area (Å²) in [6, 6.07) is 5.53. The van der Waals surface area contributed by atoms with Gasteiger partial charge in [-0.2, -0.15) is 13.2 Å². The number of amides is 2. The molecule has 2 rings (SSSR count). The van der Waals surface area contributed by atoms with Crippen LogP contribution in [0.2, 0.25) is 0 Å². The zero-order chi connectivity index (χ0) is 17.4. The molecule has 0 fully saturated rings.